The number of rotatable bonds is 7. The van der Waals surface area contributed by atoms with Gasteiger partial charge in [0.2, 0.25) is 5.91 Å². The molecule has 2 aromatic rings. The van der Waals surface area contributed by atoms with Crippen molar-refractivity contribution < 1.29 is 4.79 Å². The summed E-state index contributed by atoms with van der Waals surface area (Å²) in [5, 5.41) is 6.70. The zero-order valence-electron chi connectivity index (χ0n) is 18.6. The molecule has 3 rings (SSSR count). The fourth-order valence-electron chi connectivity index (χ4n) is 3.71. The molecule has 31 heavy (non-hydrogen) atoms. The molecule has 168 valence electrons. The molecular weight excluding hydrogens is 519 g/mol. The molecule has 1 aliphatic rings. The van der Waals surface area contributed by atoms with Crippen molar-refractivity contribution in [1.82, 2.24) is 15.5 Å². The van der Waals surface area contributed by atoms with Gasteiger partial charge in [0.25, 0.3) is 0 Å². The van der Waals surface area contributed by atoms with Gasteiger partial charge in [-0.2, -0.15) is 0 Å². The van der Waals surface area contributed by atoms with Crippen LogP contribution in [0.5, 0.6) is 0 Å². The summed E-state index contributed by atoms with van der Waals surface area (Å²) in [5.74, 6) is 1.00. The van der Waals surface area contributed by atoms with Gasteiger partial charge in [-0.3, -0.25) is 9.79 Å². The third kappa shape index (κ3) is 7.42. The van der Waals surface area contributed by atoms with Crippen LogP contribution in [0, 0.1) is 6.92 Å². The highest BCUT2D eigenvalue weighted by atomic mass is 127. The summed E-state index contributed by atoms with van der Waals surface area (Å²) in [6.07, 6.45) is 4.40. The molecule has 0 unspecified atom stereocenters. The maximum absolute atomic E-state index is 12.6. The van der Waals surface area contributed by atoms with Crippen LogP contribution < -0.4 is 10.6 Å². The van der Waals surface area contributed by atoms with Crippen molar-refractivity contribution in [2.45, 2.75) is 44.2 Å². The number of nitrogens with zero attached hydrogens (tertiary/aromatic N) is 2. The molecule has 1 amide bonds. The number of carbonyl (C=O) groups is 1. The molecule has 5 nitrogen and oxygen atoms in total. The van der Waals surface area contributed by atoms with Gasteiger partial charge in [0.1, 0.15) is 0 Å². The Labute approximate surface area is 207 Å². The molecule has 0 radical (unpaired) electrons. The van der Waals surface area contributed by atoms with Crippen molar-refractivity contribution in [2.75, 3.05) is 26.4 Å². The summed E-state index contributed by atoms with van der Waals surface area (Å²) in [7, 11) is 1.77. The van der Waals surface area contributed by atoms with E-state index in [1.807, 2.05) is 11.0 Å². The number of thioether (sulfide) groups is 1. The van der Waals surface area contributed by atoms with E-state index in [4.69, 9.17) is 0 Å². The lowest BCUT2D eigenvalue weighted by atomic mass is 9.99. The van der Waals surface area contributed by atoms with Gasteiger partial charge >= 0.3 is 0 Å². The van der Waals surface area contributed by atoms with E-state index in [-0.39, 0.29) is 29.9 Å². The fraction of sp³-hybridized carbons (Fsp3) is 0.417. The number of amides is 1. The largest absolute Gasteiger partial charge is 0.356 e. The predicted molar refractivity (Wildman–Crippen MR) is 141 cm³/mol. The first kappa shape index (κ1) is 25.5. The Morgan fingerprint density at radius 2 is 1.94 bits per heavy atom. The molecule has 0 aliphatic carbocycles. The summed E-state index contributed by atoms with van der Waals surface area (Å²) < 4.78 is 0. The minimum absolute atomic E-state index is 0. The van der Waals surface area contributed by atoms with Gasteiger partial charge in [-0.1, -0.05) is 36.4 Å². The molecule has 1 aliphatic heterocycles. The number of aryl methyl sites for hydroxylation is 1. The van der Waals surface area contributed by atoms with E-state index in [2.05, 4.69) is 65.2 Å². The van der Waals surface area contributed by atoms with Crippen LogP contribution >= 0.6 is 35.7 Å². The number of guanidine groups is 1. The smallest absolute Gasteiger partial charge is 0.222 e. The van der Waals surface area contributed by atoms with Crippen LogP contribution in [0.25, 0.3) is 0 Å². The maximum atomic E-state index is 12.6. The molecule has 1 heterocycles. The number of hydrogen-bond acceptors (Lipinski definition) is 3. The average Bonchev–Trinajstić information content (AvgIpc) is 2.78. The SMILES string of the molecule is CN=C(NCCCC(=O)N1CCc2ccccc2C1)NCc1ccc(C)cc1SC.I. The quantitative estimate of drug-likeness (QED) is 0.176. The number of hydrogen-bond donors (Lipinski definition) is 2. The normalized spacial score (nSPS) is 13.3. The Kier molecular flexibility index (Phi) is 10.7. The number of carbonyl (C=O) groups excluding carboxylic acids is 1. The number of fused-ring (bicyclic) bond motifs is 1. The van der Waals surface area contributed by atoms with Gasteiger partial charge in [-0.15, -0.1) is 35.7 Å². The van der Waals surface area contributed by atoms with Crippen molar-refractivity contribution in [3.8, 4) is 0 Å². The van der Waals surface area contributed by atoms with Gasteiger partial charge in [0.05, 0.1) is 0 Å². The second kappa shape index (κ2) is 13.0. The summed E-state index contributed by atoms with van der Waals surface area (Å²) in [4.78, 5) is 20.1. The van der Waals surface area contributed by atoms with E-state index >= 15 is 0 Å². The third-order valence-electron chi connectivity index (χ3n) is 5.46. The lowest BCUT2D eigenvalue weighted by Crippen LogP contribution is -2.38. The Bertz CT molecular complexity index is 903. The number of benzene rings is 2. The van der Waals surface area contributed by atoms with E-state index in [0.717, 1.165) is 45.0 Å². The van der Waals surface area contributed by atoms with Crippen LogP contribution in [0.2, 0.25) is 0 Å². The second-order valence-electron chi connectivity index (χ2n) is 7.61. The van der Waals surface area contributed by atoms with Crippen LogP contribution in [-0.2, 0) is 24.3 Å². The van der Waals surface area contributed by atoms with E-state index < -0.39 is 0 Å². The lowest BCUT2D eigenvalue weighted by molar-refractivity contribution is -0.132. The Morgan fingerprint density at radius 3 is 2.68 bits per heavy atom. The average molecular weight is 553 g/mol. The highest BCUT2D eigenvalue weighted by Gasteiger charge is 2.19. The lowest BCUT2D eigenvalue weighted by Gasteiger charge is -2.29. The predicted octanol–water partition coefficient (Wildman–Crippen LogP) is 4.37. The highest BCUT2D eigenvalue weighted by molar-refractivity contribution is 14.0. The third-order valence-corrected chi connectivity index (χ3v) is 6.28. The molecule has 0 atom stereocenters. The Hall–Kier alpha value is -1.74. The standard InChI is InChI=1S/C24H32N4OS.HI/c1-18-10-11-20(22(15-18)30-3)16-27-24(25-2)26-13-6-9-23(29)28-14-12-19-7-4-5-8-21(19)17-28;/h4-5,7-8,10-11,15H,6,9,12-14,16-17H2,1-3H3,(H2,25,26,27);1H. The summed E-state index contributed by atoms with van der Waals surface area (Å²) >= 11 is 1.76. The molecule has 0 saturated carbocycles. The zero-order chi connectivity index (χ0) is 21.3. The first-order valence-corrected chi connectivity index (χ1v) is 11.8. The molecule has 0 aromatic heterocycles. The van der Waals surface area contributed by atoms with Crippen molar-refractivity contribution in [1.29, 1.82) is 0 Å². The van der Waals surface area contributed by atoms with Crippen molar-refractivity contribution >= 4 is 47.6 Å². The van der Waals surface area contributed by atoms with E-state index in [9.17, 15) is 4.79 Å². The van der Waals surface area contributed by atoms with Crippen LogP contribution in [0.4, 0.5) is 0 Å². The van der Waals surface area contributed by atoms with Gasteiger partial charge in [0.15, 0.2) is 5.96 Å². The summed E-state index contributed by atoms with van der Waals surface area (Å²) in [6, 6.07) is 14.9. The summed E-state index contributed by atoms with van der Waals surface area (Å²) in [6.45, 7) is 5.11. The first-order chi connectivity index (χ1) is 14.6. The maximum Gasteiger partial charge on any atom is 0.222 e. The van der Waals surface area contributed by atoms with Gasteiger partial charge in [-0.25, -0.2) is 0 Å². The van der Waals surface area contributed by atoms with E-state index in [1.165, 1.54) is 27.1 Å². The topological polar surface area (TPSA) is 56.7 Å². The fourth-order valence-corrected chi connectivity index (χ4v) is 4.42. The Morgan fingerprint density at radius 1 is 1.16 bits per heavy atom. The molecule has 0 spiro atoms. The molecule has 0 saturated heterocycles. The monoisotopic (exact) mass is 552 g/mol. The molecule has 0 bridgehead atoms. The van der Waals surface area contributed by atoms with Gasteiger partial charge in [0, 0.05) is 44.5 Å². The van der Waals surface area contributed by atoms with Crippen molar-refractivity contribution in [3.05, 3.63) is 64.7 Å². The van der Waals surface area contributed by atoms with E-state index in [0.29, 0.717) is 6.42 Å². The minimum atomic E-state index is 0. The Balaban J connectivity index is 0.00000341. The summed E-state index contributed by atoms with van der Waals surface area (Å²) in [5.41, 5.74) is 5.18. The molecular formula is C24H33IN4OS. The van der Waals surface area contributed by atoms with Crippen molar-refractivity contribution in [3.63, 3.8) is 0 Å². The van der Waals surface area contributed by atoms with E-state index in [1.54, 1.807) is 18.8 Å². The van der Waals surface area contributed by atoms with Gasteiger partial charge in [-0.05, 0) is 54.3 Å². The molecule has 2 aromatic carbocycles. The van der Waals surface area contributed by atoms with Crippen molar-refractivity contribution in [2.24, 2.45) is 4.99 Å². The number of nitrogens with one attached hydrogen (secondary N) is 2. The molecule has 0 fully saturated rings. The van der Waals surface area contributed by atoms with Crippen LogP contribution in [0.3, 0.4) is 0 Å². The van der Waals surface area contributed by atoms with Crippen LogP contribution in [-0.4, -0.2) is 43.2 Å². The first-order valence-electron chi connectivity index (χ1n) is 10.5. The highest BCUT2D eigenvalue weighted by Crippen LogP contribution is 2.22. The van der Waals surface area contributed by atoms with Crippen LogP contribution in [0.1, 0.15) is 35.1 Å². The molecule has 2 N–H and O–H groups in total. The second-order valence-corrected chi connectivity index (χ2v) is 8.45. The van der Waals surface area contributed by atoms with Gasteiger partial charge < -0.3 is 15.5 Å². The van der Waals surface area contributed by atoms with Crippen LogP contribution in [0.15, 0.2) is 52.4 Å². The number of halogens is 1. The minimum Gasteiger partial charge on any atom is -0.356 e. The molecule has 7 heteroatoms. The zero-order valence-corrected chi connectivity index (χ0v) is 21.8. The number of aliphatic imine (C=N–C) groups is 1.